The number of aromatic nitrogens is 4. The average molecular weight is 528 g/mol. The number of likely N-dealkylation sites (N-methyl/N-ethyl adjacent to an activating group) is 1. The molecular weight excluding hydrogens is 494 g/mol. The molecule has 0 aliphatic rings. The van der Waals surface area contributed by atoms with E-state index in [1.807, 2.05) is 79.4 Å². The number of ether oxygens (including phenoxy) is 1. The molecule has 4 N–H and O–H groups in total. The zero-order valence-corrected chi connectivity index (χ0v) is 22.3. The van der Waals surface area contributed by atoms with Gasteiger partial charge in [-0.2, -0.15) is 0 Å². The van der Waals surface area contributed by atoms with Crippen LogP contribution in [0.4, 0.5) is 11.6 Å². The predicted octanol–water partition coefficient (Wildman–Crippen LogP) is 3.48. The lowest BCUT2D eigenvalue weighted by Gasteiger charge is -2.38. The fourth-order valence-corrected chi connectivity index (χ4v) is 4.49. The van der Waals surface area contributed by atoms with Crippen LogP contribution in [-0.2, 0) is 12.1 Å². The van der Waals surface area contributed by atoms with E-state index in [9.17, 15) is 9.90 Å². The zero-order valence-electron chi connectivity index (χ0n) is 22.3. The van der Waals surface area contributed by atoms with Crippen molar-refractivity contribution in [3.05, 3.63) is 108 Å². The molecule has 0 fully saturated rings. The highest BCUT2D eigenvalue weighted by atomic mass is 16.5. The second-order valence-electron chi connectivity index (χ2n) is 8.86. The fraction of sp³-hybridized carbons (Fsp3) is 0.241. The van der Waals surface area contributed by atoms with Gasteiger partial charge in [0.25, 0.3) is 5.91 Å². The van der Waals surface area contributed by atoms with E-state index >= 15 is 0 Å². The molecule has 10 nitrogen and oxygen atoms in total. The molecule has 0 aliphatic carbocycles. The van der Waals surface area contributed by atoms with Crippen LogP contribution in [0.15, 0.2) is 85.3 Å². The number of nitrogens with two attached hydrogens (primary N) is 1. The maximum Gasteiger partial charge on any atom is 0.263 e. The van der Waals surface area contributed by atoms with Crippen molar-refractivity contribution < 1.29 is 14.6 Å². The van der Waals surface area contributed by atoms with E-state index in [4.69, 9.17) is 10.5 Å². The van der Waals surface area contributed by atoms with Gasteiger partial charge in [0.2, 0.25) is 11.8 Å². The Morgan fingerprint density at radius 1 is 1.15 bits per heavy atom. The Bertz CT molecular complexity index is 1400. The van der Waals surface area contributed by atoms with Crippen LogP contribution >= 0.6 is 0 Å². The van der Waals surface area contributed by atoms with Crippen LogP contribution in [0.1, 0.15) is 34.1 Å². The van der Waals surface area contributed by atoms with Gasteiger partial charge in [0, 0.05) is 13.1 Å². The number of carbonyl (C=O) groups excluding carboxylic acids is 1. The van der Waals surface area contributed by atoms with E-state index in [0.717, 1.165) is 0 Å². The minimum absolute atomic E-state index is 0.136. The molecule has 2 aromatic carbocycles. The summed E-state index contributed by atoms with van der Waals surface area (Å²) in [4.78, 5) is 23.8. The Balaban J connectivity index is 1.76. The lowest BCUT2D eigenvalue weighted by atomic mass is 9.83. The van der Waals surface area contributed by atoms with Crippen molar-refractivity contribution in [2.45, 2.75) is 26.0 Å². The monoisotopic (exact) mass is 527 g/mol. The van der Waals surface area contributed by atoms with Gasteiger partial charge in [-0.15, -0.1) is 5.10 Å². The van der Waals surface area contributed by atoms with Gasteiger partial charge in [0.15, 0.2) is 5.60 Å². The number of aryl methyl sites for hydroxylation is 1. The van der Waals surface area contributed by atoms with Crippen molar-refractivity contribution >= 4 is 17.5 Å². The van der Waals surface area contributed by atoms with E-state index in [-0.39, 0.29) is 17.4 Å². The minimum atomic E-state index is -1.55. The van der Waals surface area contributed by atoms with Gasteiger partial charge < -0.3 is 20.5 Å². The molecule has 0 saturated heterocycles. The van der Waals surface area contributed by atoms with Gasteiger partial charge in [-0.3, -0.25) is 10.1 Å². The Labute approximate surface area is 227 Å². The van der Waals surface area contributed by atoms with E-state index in [2.05, 4.69) is 27.0 Å². The zero-order chi connectivity index (χ0) is 28.0. The Hall–Kier alpha value is -4.54. The lowest BCUT2D eigenvalue weighted by molar-refractivity contribution is 0.102. The molecule has 0 saturated carbocycles. The number of methoxy groups -OCH3 is 1. The molecule has 39 heavy (non-hydrogen) atoms. The number of amides is 1. The van der Waals surface area contributed by atoms with Gasteiger partial charge in [0.05, 0.1) is 30.7 Å². The van der Waals surface area contributed by atoms with Gasteiger partial charge in [0.1, 0.15) is 11.9 Å². The number of anilines is 2. The SMILES string of the molecule is C=C(N(CC)c1cc(C(=O)Nc2ncn(CCN)n2)c(OC)nc1C)C(O)(c1ccccc1)c1ccccc1. The summed E-state index contributed by atoms with van der Waals surface area (Å²) in [6, 6.07) is 20.4. The highest BCUT2D eigenvalue weighted by molar-refractivity contribution is 6.05. The highest BCUT2D eigenvalue weighted by Gasteiger charge is 2.38. The fourth-order valence-electron chi connectivity index (χ4n) is 4.49. The maximum atomic E-state index is 13.3. The standard InChI is InChI=1S/C29H33N7O3/c1-5-36(21(3)29(38,22-12-8-6-9-13-22)23-14-10-7-11-15-23)25-18-24(27(39-4)32-20(25)2)26(37)33-28-31-19-35(34-28)17-16-30/h6-15,18-19,38H,3,5,16-17,30H2,1-2,4H3,(H,33,34,37). The molecule has 0 spiro atoms. The molecule has 0 radical (unpaired) electrons. The number of rotatable bonds is 11. The molecule has 10 heteroatoms. The van der Waals surface area contributed by atoms with Crippen molar-refractivity contribution in [1.29, 1.82) is 0 Å². The molecule has 4 aromatic rings. The van der Waals surface area contributed by atoms with Gasteiger partial charge in [-0.05, 0) is 31.0 Å². The van der Waals surface area contributed by atoms with E-state index in [1.165, 1.54) is 13.4 Å². The highest BCUT2D eigenvalue weighted by Crippen LogP contribution is 2.40. The summed E-state index contributed by atoms with van der Waals surface area (Å²) in [6.07, 6.45) is 1.50. The summed E-state index contributed by atoms with van der Waals surface area (Å²) >= 11 is 0. The third kappa shape index (κ3) is 5.52. The van der Waals surface area contributed by atoms with Crippen LogP contribution in [0.3, 0.4) is 0 Å². The van der Waals surface area contributed by atoms with Gasteiger partial charge in [-0.1, -0.05) is 67.2 Å². The van der Waals surface area contributed by atoms with Crippen molar-refractivity contribution in [2.24, 2.45) is 5.73 Å². The second kappa shape index (κ2) is 11.9. The number of hydrogen-bond donors (Lipinski definition) is 3. The third-order valence-electron chi connectivity index (χ3n) is 6.44. The minimum Gasteiger partial charge on any atom is -0.480 e. The van der Waals surface area contributed by atoms with Crippen LogP contribution in [0.25, 0.3) is 0 Å². The number of nitrogens with zero attached hydrogens (tertiary/aromatic N) is 5. The first kappa shape index (κ1) is 27.5. The number of nitrogens with one attached hydrogen (secondary N) is 1. The molecule has 0 aliphatic heterocycles. The Morgan fingerprint density at radius 3 is 2.31 bits per heavy atom. The van der Waals surface area contributed by atoms with Crippen LogP contribution in [0.2, 0.25) is 0 Å². The largest absolute Gasteiger partial charge is 0.480 e. The van der Waals surface area contributed by atoms with Gasteiger partial charge >= 0.3 is 0 Å². The summed E-state index contributed by atoms with van der Waals surface area (Å²) in [6.45, 7) is 9.43. The maximum absolute atomic E-state index is 13.3. The van der Waals surface area contributed by atoms with Crippen molar-refractivity contribution in [3.8, 4) is 5.88 Å². The van der Waals surface area contributed by atoms with Gasteiger partial charge in [-0.25, -0.2) is 14.6 Å². The number of hydrogen-bond acceptors (Lipinski definition) is 8. The molecule has 0 bridgehead atoms. The Kier molecular flexibility index (Phi) is 8.38. The van der Waals surface area contributed by atoms with E-state index in [1.54, 1.807) is 10.7 Å². The molecular formula is C29H33N7O3. The van der Waals surface area contributed by atoms with Crippen molar-refractivity contribution in [2.75, 3.05) is 30.4 Å². The van der Waals surface area contributed by atoms with Crippen molar-refractivity contribution in [1.82, 2.24) is 19.7 Å². The van der Waals surface area contributed by atoms with Crippen LogP contribution < -0.4 is 20.7 Å². The lowest BCUT2D eigenvalue weighted by Crippen LogP contribution is -2.39. The van der Waals surface area contributed by atoms with E-state index in [0.29, 0.717) is 47.8 Å². The summed E-state index contributed by atoms with van der Waals surface area (Å²) < 4.78 is 6.98. The topological polar surface area (TPSA) is 131 Å². The number of pyridine rings is 1. The smallest absolute Gasteiger partial charge is 0.263 e. The normalized spacial score (nSPS) is 11.2. The molecule has 1 amide bonds. The molecule has 4 rings (SSSR count). The average Bonchev–Trinajstić information content (AvgIpc) is 3.41. The van der Waals surface area contributed by atoms with Crippen LogP contribution in [0, 0.1) is 6.92 Å². The molecule has 2 heterocycles. The Morgan fingerprint density at radius 2 is 1.77 bits per heavy atom. The first-order valence-electron chi connectivity index (χ1n) is 12.6. The summed E-state index contributed by atoms with van der Waals surface area (Å²) in [5, 5.41) is 19.2. The first-order chi connectivity index (χ1) is 18.8. The molecule has 0 unspecified atom stereocenters. The summed E-state index contributed by atoms with van der Waals surface area (Å²) in [5.41, 5.74) is 7.13. The summed E-state index contributed by atoms with van der Waals surface area (Å²) in [7, 11) is 1.45. The predicted molar refractivity (Wildman–Crippen MR) is 151 cm³/mol. The molecule has 202 valence electrons. The quantitative estimate of drug-likeness (QED) is 0.270. The van der Waals surface area contributed by atoms with E-state index < -0.39 is 11.5 Å². The number of aliphatic hydroxyl groups is 1. The summed E-state index contributed by atoms with van der Waals surface area (Å²) in [5.74, 6) is -0.204. The second-order valence-corrected chi connectivity index (χ2v) is 8.86. The van der Waals surface area contributed by atoms with Crippen LogP contribution in [-0.4, -0.2) is 51.0 Å². The van der Waals surface area contributed by atoms with Crippen LogP contribution in [0.5, 0.6) is 5.88 Å². The number of benzene rings is 2. The van der Waals surface area contributed by atoms with Crippen molar-refractivity contribution in [3.63, 3.8) is 0 Å². The molecule has 2 aromatic heterocycles. The third-order valence-corrected chi connectivity index (χ3v) is 6.44. The number of carbonyl (C=O) groups is 1. The molecule has 0 atom stereocenters. The first-order valence-corrected chi connectivity index (χ1v) is 12.6.